The summed E-state index contributed by atoms with van der Waals surface area (Å²) in [6, 6.07) is 1.95. The van der Waals surface area contributed by atoms with E-state index in [1.165, 1.54) is 0 Å². The Bertz CT molecular complexity index is 728. The molecule has 1 atom stereocenters. The molecule has 122 valence electrons. The molecule has 1 aliphatic heterocycles. The molecule has 6 nitrogen and oxygen atoms in total. The first-order chi connectivity index (χ1) is 10.8. The highest BCUT2D eigenvalue weighted by atomic mass is 16.5. The van der Waals surface area contributed by atoms with Gasteiger partial charge in [-0.25, -0.2) is 9.97 Å². The van der Waals surface area contributed by atoms with Crippen LogP contribution >= 0.6 is 0 Å². The molecule has 0 aromatic carbocycles. The predicted octanol–water partition coefficient (Wildman–Crippen LogP) is 2.85. The van der Waals surface area contributed by atoms with Crippen molar-refractivity contribution in [2.24, 2.45) is 0 Å². The van der Waals surface area contributed by atoms with Crippen LogP contribution in [0.3, 0.4) is 0 Å². The topological polar surface area (TPSA) is 72.1 Å². The normalized spacial score (nSPS) is 21.0. The second-order valence-corrected chi connectivity index (χ2v) is 6.51. The van der Waals surface area contributed by atoms with Gasteiger partial charge in [-0.1, -0.05) is 5.16 Å². The lowest BCUT2D eigenvalue weighted by molar-refractivity contribution is 0.0601. The van der Waals surface area contributed by atoms with Gasteiger partial charge < -0.3 is 9.42 Å². The van der Waals surface area contributed by atoms with E-state index in [1.54, 1.807) is 13.8 Å². The summed E-state index contributed by atoms with van der Waals surface area (Å²) in [4.78, 5) is 24.2. The van der Waals surface area contributed by atoms with Crippen LogP contribution in [0.15, 0.2) is 10.6 Å². The molecule has 1 amide bonds. The zero-order chi connectivity index (χ0) is 16.8. The minimum absolute atomic E-state index is 0.0518. The molecule has 0 spiro atoms. The second-order valence-electron chi connectivity index (χ2n) is 6.51. The summed E-state index contributed by atoms with van der Waals surface area (Å²) in [6.45, 7) is 10.2. The Morgan fingerprint density at radius 2 is 1.87 bits per heavy atom. The van der Waals surface area contributed by atoms with E-state index in [0.717, 1.165) is 24.2 Å². The number of hydrogen-bond acceptors (Lipinski definition) is 5. The van der Waals surface area contributed by atoms with Gasteiger partial charge in [-0.3, -0.25) is 4.79 Å². The van der Waals surface area contributed by atoms with Crippen LogP contribution in [0.2, 0.25) is 0 Å². The largest absolute Gasteiger partial charge is 0.361 e. The van der Waals surface area contributed by atoms with Crippen LogP contribution in [0, 0.1) is 27.7 Å². The van der Waals surface area contributed by atoms with Crippen molar-refractivity contribution in [2.45, 2.75) is 53.0 Å². The summed E-state index contributed by atoms with van der Waals surface area (Å²) in [7, 11) is 0. The van der Waals surface area contributed by atoms with Gasteiger partial charge in [0.15, 0.2) is 5.82 Å². The number of amides is 1. The number of hydrogen-bond donors (Lipinski definition) is 0. The number of likely N-dealkylation sites (tertiary alicyclic amines) is 1. The third kappa shape index (κ3) is 2.52. The summed E-state index contributed by atoms with van der Waals surface area (Å²) in [5, 5.41) is 3.90. The van der Waals surface area contributed by atoms with Gasteiger partial charge in [-0.2, -0.15) is 0 Å². The van der Waals surface area contributed by atoms with Crippen molar-refractivity contribution in [1.82, 2.24) is 20.0 Å². The Balaban J connectivity index is 2.04. The molecule has 2 aromatic rings. The van der Waals surface area contributed by atoms with Crippen LogP contribution < -0.4 is 0 Å². The molecular formula is C17H22N4O2. The van der Waals surface area contributed by atoms with E-state index in [-0.39, 0.29) is 5.91 Å². The van der Waals surface area contributed by atoms with Crippen LogP contribution in [-0.2, 0) is 5.54 Å². The molecule has 0 N–H and O–H groups in total. The monoisotopic (exact) mass is 314 g/mol. The molecule has 0 saturated carbocycles. The summed E-state index contributed by atoms with van der Waals surface area (Å²) >= 11 is 0. The average molecular weight is 314 g/mol. The molecule has 1 fully saturated rings. The van der Waals surface area contributed by atoms with E-state index in [9.17, 15) is 4.79 Å². The van der Waals surface area contributed by atoms with Crippen LogP contribution in [0.25, 0.3) is 0 Å². The molecule has 0 aliphatic carbocycles. The Hall–Kier alpha value is -2.24. The SMILES string of the molecule is Cc1cc(C)nc([C@@]2(C)CCCN2C(=O)c2c(C)noc2C)n1. The van der Waals surface area contributed by atoms with Crippen LogP contribution in [0.5, 0.6) is 0 Å². The van der Waals surface area contributed by atoms with Gasteiger partial charge >= 0.3 is 0 Å². The van der Waals surface area contributed by atoms with Gasteiger partial charge in [0.2, 0.25) is 0 Å². The van der Waals surface area contributed by atoms with Crippen molar-refractivity contribution in [1.29, 1.82) is 0 Å². The maximum absolute atomic E-state index is 13.1. The Labute approximate surface area is 135 Å². The number of carbonyl (C=O) groups excluding carboxylic acids is 1. The van der Waals surface area contributed by atoms with Crippen LogP contribution in [0.4, 0.5) is 0 Å². The number of carbonyl (C=O) groups is 1. The summed E-state index contributed by atoms with van der Waals surface area (Å²) in [5.74, 6) is 1.22. The fourth-order valence-electron chi connectivity index (χ4n) is 3.41. The fourth-order valence-corrected chi connectivity index (χ4v) is 3.41. The first-order valence-electron chi connectivity index (χ1n) is 7.90. The first-order valence-corrected chi connectivity index (χ1v) is 7.90. The molecule has 3 heterocycles. The minimum atomic E-state index is -0.496. The smallest absolute Gasteiger partial charge is 0.260 e. The second kappa shape index (κ2) is 5.44. The lowest BCUT2D eigenvalue weighted by atomic mass is 9.96. The third-order valence-electron chi connectivity index (χ3n) is 4.60. The lowest BCUT2D eigenvalue weighted by Gasteiger charge is -2.34. The van der Waals surface area contributed by atoms with E-state index in [0.29, 0.717) is 29.4 Å². The van der Waals surface area contributed by atoms with Gasteiger partial charge in [-0.15, -0.1) is 0 Å². The Kier molecular flexibility index (Phi) is 3.70. The molecule has 6 heteroatoms. The van der Waals surface area contributed by atoms with E-state index in [2.05, 4.69) is 15.1 Å². The summed E-state index contributed by atoms with van der Waals surface area (Å²) in [5.41, 5.74) is 2.53. The number of rotatable bonds is 2. The highest BCUT2D eigenvalue weighted by Crippen LogP contribution is 2.38. The van der Waals surface area contributed by atoms with E-state index in [4.69, 9.17) is 4.52 Å². The zero-order valence-electron chi connectivity index (χ0n) is 14.3. The molecule has 0 bridgehead atoms. The molecule has 2 aromatic heterocycles. The standard InChI is InChI=1S/C17H22N4O2/c1-10-9-11(2)19-16(18-10)17(5)7-6-8-21(17)15(22)14-12(3)20-23-13(14)4/h9H,6-8H2,1-5H3/t17-/m1/s1. The zero-order valence-corrected chi connectivity index (χ0v) is 14.3. The molecule has 23 heavy (non-hydrogen) atoms. The van der Waals surface area contributed by atoms with Crippen molar-refractivity contribution >= 4 is 5.91 Å². The number of nitrogens with zero attached hydrogens (tertiary/aromatic N) is 4. The van der Waals surface area contributed by atoms with Gasteiger partial charge in [-0.05, 0) is 53.5 Å². The van der Waals surface area contributed by atoms with E-state index >= 15 is 0 Å². The Morgan fingerprint density at radius 1 is 1.22 bits per heavy atom. The number of aryl methyl sites for hydroxylation is 4. The van der Waals surface area contributed by atoms with E-state index < -0.39 is 5.54 Å². The highest BCUT2D eigenvalue weighted by Gasteiger charge is 2.44. The summed E-state index contributed by atoms with van der Waals surface area (Å²) in [6.07, 6.45) is 1.78. The van der Waals surface area contributed by atoms with Crippen molar-refractivity contribution < 1.29 is 9.32 Å². The average Bonchev–Trinajstić information content (AvgIpc) is 3.02. The highest BCUT2D eigenvalue weighted by molar-refractivity contribution is 5.96. The third-order valence-corrected chi connectivity index (χ3v) is 4.60. The molecule has 3 rings (SSSR count). The van der Waals surface area contributed by atoms with Crippen LogP contribution in [-0.4, -0.2) is 32.5 Å². The van der Waals surface area contributed by atoms with E-state index in [1.807, 2.05) is 31.7 Å². The van der Waals surface area contributed by atoms with Crippen molar-refractivity contribution in [3.05, 3.63) is 40.3 Å². The van der Waals surface area contributed by atoms with Crippen LogP contribution in [0.1, 0.15) is 58.8 Å². The maximum atomic E-state index is 13.1. The van der Waals surface area contributed by atoms with Gasteiger partial charge in [0, 0.05) is 17.9 Å². The number of aromatic nitrogens is 3. The van der Waals surface area contributed by atoms with Gasteiger partial charge in [0.1, 0.15) is 16.9 Å². The predicted molar refractivity (Wildman–Crippen MR) is 85.1 cm³/mol. The fraction of sp³-hybridized carbons (Fsp3) is 0.529. The van der Waals surface area contributed by atoms with Crippen molar-refractivity contribution in [3.63, 3.8) is 0 Å². The molecular weight excluding hydrogens is 292 g/mol. The van der Waals surface area contributed by atoms with Crippen molar-refractivity contribution in [2.75, 3.05) is 6.54 Å². The maximum Gasteiger partial charge on any atom is 0.260 e. The summed E-state index contributed by atoms with van der Waals surface area (Å²) < 4.78 is 5.16. The minimum Gasteiger partial charge on any atom is -0.361 e. The first kappa shape index (κ1) is 15.6. The van der Waals surface area contributed by atoms with Gasteiger partial charge in [0.25, 0.3) is 5.91 Å². The van der Waals surface area contributed by atoms with Crippen molar-refractivity contribution in [3.8, 4) is 0 Å². The Morgan fingerprint density at radius 3 is 2.43 bits per heavy atom. The lowest BCUT2D eigenvalue weighted by Crippen LogP contribution is -2.44. The molecule has 0 radical (unpaired) electrons. The molecule has 0 unspecified atom stereocenters. The van der Waals surface area contributed by atoms with Gasteiger partial charge in [0.05, 0.1) is 5.69 Å². The molecule has 1 saturated heterocycles. The quantitative estimate of drug-likeness (QED) is 0.852. The molecule has 1 aliphatic rings.